The van der Waals surface area contributed by atoms with E-state index in [9.17, 15) is 4.79 Å². The SMILES string of the molecule is CC(C)(C)CNc1nc(C#N)ncc1C#CCN1CCN(C(=O)OC(C)(C)C)CC1. The topological polar surface area (TPSA) is 94.4 Å². The van der Waals surface area contributed by atoms with Crippen molar-refractivity contribution >= 4 is 11.9 Å². The Kier molecular flexibility index (Phi) is 7.64. The fourth-order valence-electron chi connectivity index (χ4n) is 2.67. The van der Waals surface area contributed by atoms with Crippen molar-refractivity contribution in [3.8, 4) is 17.9 Å². The zero-order chi connectivity index (χ0) is 22.4. The van der Waals surface area contributed by atoms with Crippen LogP contribution in [0.25, 0.3) is 0 Å². The molecule has 1 amide bonds. The molecule has 1 aliphatic heterocycles. The summed E-state index contributed by atoms with van der Waals surface area (Å²) in [5.74, 6) is 6.99. The average molecular weight is 413 g/mol. The second kappa shape index (κ2) is 9.77. The average Bonchev–Trinajstić information content (AvgIpc) is 2.65. The number of piperazine rings is 1. The van der Waals surface area contributed by atoms with E-state index in [1.165, 1.54) is 0 Å². The number of aromatic nitrogens is 2. The van der Waals surface area contributed by atoms with Crippen LogP contribution < -0.4 is 5.32 Å². The molecule has 2 heterocycles. The van der Waals surface area contributed by atoms with Gasteiger partial charge in [-0.3, -0.25) is 4.90 Å². The first-order valence-corrected chi connectivity index (χ1v) is 10.2. The van der Waals surface area contributed by atoms with Crippen molar-refractivity contribution in [2.24, 2.45) is 5.41 Å². The lowest BCUT2D eigenvalue weighted by molar-refractivity contribution is 0.0155. The van der Waals surface area contributed by atoms with Crippen LogP contribution in [0.1, 0.15) is 52.9 Å². The van der Waals surface area contributed by atoms with Gasteiger partial charge in [0.25, 0.3) is 0 Å². The predicted octanol–water partition coefficient (Wildman–Crippen LogP) is 2.71. The predicted molar refractivity (Wildman–Crippen MR) is 116 cm³/mol. The molecule has 1 aromatic heterocycles. The molecule has 30 heavy (non-hydrogen) atoms. The van der Waals surface area contributed by atoms with Gasteiger partial charge < -0.3 is 15.0 Å². The van der Waals surface area contributed by atoms with E-state index in [-0.39, 0.29) is 17.3 Å². The quantitative estimate of drug-likeness (QED) is 0.763. The number of carbonyl (C=O) groups is 1. The molecule has 2 rings (SSSR count). The van der Waals surface area contributed by atoms with Crippen LogP contribution in [0.4, 0.5) is 10.6 Å². The smallest absolute Gasteiger partial charge is 0.410 e. The molecule has 1 aromatic rings. The minimum Gasteiger partial charge on any atom is -0.444 e. The fraction of sp³-hybridized carbons (Fsp3) is 0.636. The van der Waals surface area contributed by atoms with Crippen molar-refractivity contribution in [2.45, 2.75) is 47.1 Å². The van der Waals surface area contributed by atoms with Gasteiger partial charge in [0, 0.05) is 38.9 Å². The Bertz CT molecular complexity index is 844. The molecule has 1 aliphatic rings. The summed E-state index contributed by atoms with van der Waals surface area (Å²) in [6.07, 6.45) is 1.32. The van der Waals surface area contributed by atoms with Crippen molar-refractivity contribution in [3.05, 3.63) is 17.6 Å². The number of nitrogens with one attached hydrogen (secondary N) is 1. The van der Waals surface area contributed by atoms with Gasteiger partial charge in [0.1, 0.15) is 17.5 Å². The normalized spacial score (nSPS) is 15.0. The minimum atomic E-state index is -0.485. The summed E-state index contributed by atoms with van der Waals surface area (Å²) in [4.78, 5) is 24.4. The van der Waals surface area contributed by atoms with E-state index in [4.69, 9.17) is 10.00 Å². The Morgan fingerprint density at radius 3 is 2.43 bits per heavy atom. The van der Waals surface area contributed by atoms with Crippen molar-refractivity contribution < 1.29 is 9.53 Å². The van der Waals surface area contributed by atoms with Gasteiger partial charge in [0.05, 0.1) is 12.1 Å². The van der Waals surface area contributed by atoms with E-state index in [1.54, 1.807) is 11.1 Å². The summed E-state index contributed by atoms with van der Waals surface area (Å²) in [5.41, 5.74) is 0.253. The summed E-state index contributed by atoms with van der Waals surface area (Å²) in [6, 6.07) is 1.97. The standard InChI is InChI=1S/C22H32N6O2/c1-21(2,3)16-25-19-17(15-24-18(14-23)26-19)8-7-9-27-10-12-28(13-11-27)20(29)30-22(4,5)6/h15H,9-13,16H2,1-6H3,(H,24,25,26). The second-order valence-corrected chi connectivity index (χ2v) is 9.53. The molecular formula is C22H32N6O2. The number of ether oxygens (including phenoxy) is 1. The maximum absolute atomic E-state index is 12.2. The lowest BCUT2D eigenvalue weighted by Gasteiger charge is -2.34. The Labute approximate surface area is 179 Å². The second-order valence-electron chi connectivity index (χ2n) is 9.53. The maximum atomic E-state index is 12.2. The van der Waals surface area contributed by atoms with E-state index < -0.39 is 5.60 Å². The fourth-order valence-corrected chi connectivity index (χ4v) is 2.67. The lowest BCUT2D eigenvalue weighted by atomic mass is 9.97. The molecule has 0 aliphatic carbocycles. The van der Waals surface area contributed by atoms with E-state index in [0.29, 0.717) is 37.6 Å². The van der Waals surface area contributed by atoms with Crippen LogP contribution in [-0.4, -0.2) is 70.7 Å². The third-order valence-corrected chi connectivity index (χ3v) is 4.22. The highest BCUT2D eigenvalue weighted by Gasteiger charge is 2.25. The van der Waals surface area contributed by atoms with Gasteiger partial charge in [0.15, 0.2) is 0 Å². The van der Waals surface area contributed by atoms with Crippen LogP contribution in [0.15, 0.2) is 6.20 Å². The Morgan fingerprint density at radius 2 is 1.87 bits per heavy atom. The van der Waals surface area contributed by atoms with Crippen LogP contribution in [0.5, 0.6) is 0 Å². The molecule has 162 valence electrons. The van der Waals surface area contributed by atoms with E-state index in [2.05, 4.69) is 52.8 Å². The number of rotatable bonds is 3. The molecule has 0 aromatic carbocycles. The highest BCUT2D eigenvalue weighted by Crippen LogP contribution is 2.17. The molecule has 1 fully saturated rings. The monoisotopic (exact) mass is 412 g/mol. The zero-order valence-electron chi connectivity index (χ0n) is 18.9. The molecule has 0 radical (unpaired) electrons. The molecule has 0 spiro atoms. The van der Waals surface area contributed by atoms with Crippen molar-refractivity contribution in [2.75, 3.05) is 44.6 Å². The third-order valence-electron chi connectivity index (χ3n) is 4.22. The molecule has 1 N–H and O–H groups in total. The van der Waals surface area contributed by atoms with Crippen molar-refractivity contribution in [3.63, 3.8) is 0 Å². The highest BCUT2D eigenvalue weighted by atomic mass is 16.6. The molecular weight excluding hydrogens is 380 g/mol. The van der Waals surface area contributed by atoms with Crippen LogP contribution in [0, 0.1) is 28.6 Å². The van der Waals surface area contributed by atoms with Gasteiger partial charge in [-0.2, -0.15) is 5.26 Å². The zero-order valence-corrected chi connectivity index (χ0v) is 18.9. The van der Waals surface area contributed by atoms with Gasteiger partial charge in [-0.1, -0.05) is 32.6 Å². The van der Waals surface area contributed by atoms with Crippen molar-refractivity contribution in [1.29, 1.82) is 5.26 Å². The molecule has 0 unspecified atom stereocenters. The van der Waals surface area contributed by atoms with Gasteiger partial charge >= 0.3 is 6.09 Å². The Morgan fingerprint density at radius 1 is 1.20 bits per heavy atom. The molecule has 0 bridgehead atoms. The van der Waals surface area contributed by atoms with Gasteiger partial charge in [0.2, 0.25) is 5.82 Å². The Hall–Kier alpha value is -2.84. The summed E-state index contributed by atoms with van der Waals surface area (Å²) >= 11 is 0. The first kappa shape index (κ1) is 23.4. The summed E-state index contributed by atoms with van der Waals surface area (Å²) in [6.45, 7) is 16.0. The van der Waals surface area contributed by atoms with Crippen LogP contribution in [-0.2, 0) is 4.74 Å². The number of nitrogens with zero attached hydrogens (tertiary/aromatic N) is 5. The molecule has 1 saturated heterocycles. The van der Waals surface area contributed by atoms with Gasteiger partial charge in [-0.25, -0.2) is 14.8 Å². The van der Waals surface area contributed by atoms with Crippen molar-refractivity contribution in [1.82, 2.24) is 19.8 Å². The highest BCUT2D eigenvalue weighted by molar-refractivity contribution is 5.68. The molecule has 0 saturated carbocycles. The largest absolute Gasteiger partial charge is 0.444 e. The first-order chi connectivity index (χ1) is 14.0. The number of nitriles is 1. The summed E-state index contributed by atoms with van der Waals surface area (Å²) in [5, 5.41) is 12.3. The number of anilines is 1. The Balaban J connectivity index is 1.94. The number of hydrogen-bond acceptors (Lipinski definition) is 7. The molecule has 8 heteroatoms. The first-order valence-electron chi connectivity index (χ1n) is 10.2. The van der Waals surface area contributed by atoms with E-state index in [0.717, 1.165) is 13.1 Å². The van der Waals surface area contributed by atoms with E-state index >= 15 is 0 Å². The molecule has 0 atom stereocenters. The molecule has 8 nitrogen and oxygen atoms in total. The van der Waals surface area contributed by atoms with Gasteiger partial charge in [-0.15, -0.1) is 0 Å². The summed E-state index contributed by atoms with van der Waals surface area (Å²) in [7, 11) is 0. The lowest BCUT2D eigenvalue weighted by Crippen LogP contribution is -2.50. The van der Waals surface area contributed by atoms with Gasteiger partial charge in [-0.05, 0) is 26.2 Å². The van der Waals surface area contributed by atoms with Crippen LogP contribution in [0.3, 0.4) is 0 Å². The van der Waals surface area contributed by atoms with Crippen LogP contribution >= 0.6 is 0 Å². The number of carbonyl (C=O) groups excluding carboxylic acids is 1. The minimum absolute atomic E-state index is 0.0657. The number of amides is 1. The summed E-state index contributed by atoms with van der Waals surface area (Å²) < 4.78 is 5.43. The third kappa shape index (κ3) is 7.88. The number of hydrogen-bond donors (Lipinski definition) is 1. The van der Waals surface area contributed by atoms with E-state index in [1.807, 2.05) is 26.8 Å². The maximum Gasteiger partial charge on any atom is 0.410 e. The van der Waals surface area contributed by atoms with Crippen LogP contribution in [0.2, 0.25) is 0 Å².